The summed E-state index contributed by atoms with van der Waals surface area (Å²) >= 11 is 0. The maximum Gasteiger partial charge on any atom is 0.269 e. The number of nitrogens with two attached hydrogens (primary N) is 1. The molecule has 0 atom stereocenters. The van der Waals surface area contributed by atoms with Crippen LogP contribution in [0.2, 0.25) is 0 Å². The number of aryl methyl sites for hydroxylation is 2. The number of rotatable bonds is 2. The molecule has 88 valence electrons. The minimum atomic E-state index is -0.569. The summed E-state index contributed by atoms with van der Waals surface area (Å²) in [6.45, 7) is 3.53. The van der Waals surface area contributed by atoms with E-state index in [1.54, 1.807) is 26.1 Å². The van der Waals surface area contributed by atoms with Gasteiger partial charge in [0.05, 0.1) is 5.69 Å². The average molecular weight is 233 g/mol. The average Bonchev–Trinajstić information content (AvgIpc) is 2.60. The lowest BCUT2D eigenvalue weighted by Crippen LogP contribution is -2.13. The molecule has 2 rings (SSSR count). The third-order valence-electron chi connectivity index (χ3n) is 2.54. The Morgan fingerprint density at radius 1 is 1.35 bits per heavy atom. The van der Waals surface area contributed by atoms with Crippen molar-refractivity contribution in [2.24, 2.45) is 5.73 Å². The van der Waals surface area contributed by atoms with Crippen LogP contribution in [0.25, 0.3) is 5.69 Å². The van der Waals surface area contributed by atoms with Crippen LogP contribution in [0.1, 0.15) is 21.6 Å². The van der Waals surface area contributed by atoms with Crippen LogP contribution < -0.4 is 5.73 Å². The van der Waals surface area contributed by atoms with Crippen LogP contribution in [-0.4, -0.2) is 15.7 Å². The Hall–Kier alpha value is -2.17. The second-order valence-corrected chi connectivity index (χ2v) is 3.90. The number of hydrogen-bond donors (Lipinski definition) is 1. The number of halogens is 1. The molecule has 0 spiro atoms. The molecule has 1 aromatic heterocycles. The number of carbonyl (C=O) groups is 1. The molecule has 2 N–H and O–H groups in total. The number of amides is 1. The van der Waals surface area contributed by atoms with Crippen LogP contribution in [0.4, 0.5) is 4.39 Å². The predicted molar refractivity (Wildman–Crippen MR) is 61.5 cm³/mol. The fourth-order valence-electron chi connectivity index (χ4n) is 1.70. The Labute approximate surface area is 97.9 Å². The highest BCUT2D eigenvalue weighted by Gasteiger charge is 2.12. The van der Waals surface area contributed by atoms with E-state index >= 15 is 0 Å². The van der Waals surface area contributed by atoms with Gasteiger partial charge in [0.25, 0.3) is 5.91 Å². The van der Waals surface area contributed by atoms with Crippen molar-refractivity contribution in [3.05, 3.63) is 47.0 Å². The van der Waals surface area contributed by atoms with Gasteiger partial charge in [-0.05, 0) is 37.6 Å². The van der Waals surface area contributed by atoms with E-state index in [-0.39, 0.29) is 11.5 Å². The number of aromatic nitrogens is 2. The normalized spacial score (nSPS) is 10.5. The van der Waals surface area contributed by atoms with E-state index in [1.165, 1.54) is 16.8 Å². The van der Waals surface area contributed by atoms with Gasteiger partial charge < -0.3 is 5.73 Å². The van der Waals surface area contributed by atoms with Crippen LogP contribution in [0.5, 0.6) is 0 Å². The van der Waals surface area contributed by atoms with Crippen LogP contribution >= 0.6 is 0 Å². The summed E-state index contributed by atoms with van der Waals surface area (Å²) in [4.78, 5) is 11.1. The Kier molecular flexibility index (Phi) is 2.67. The number of carbonyl (C=O) groups excluding carboxylic acids is 1. The van der Waals surface area contributed by atoms with Crippen LogP contribution in [-0.2, 0) is 0 Å². The Bertz CT molecular complexity index is 589. The van der Waals surface area contributed by atoms with Crippen molar-refractivity contribution in [1.29, 1.82) is 0 Å². The van der Waals surface area contributed by atoms with Gasteiger partial charge in [0, 0.05) is 11.8 Å². The molecule has 5 heteroatoms. The molecule has 1 heterocycles. The second kappa shape index (κ2) is 4.01. The van der Waals surface area contributed by atoms with E-state index in [9.17, 15) is 9.18 Å². The number of primary amides is 1. The number of hydrogen-bond acceptors (Lipinski definition) is 2. The van der Waals surface area contributed by atoms with Crippen LogP contribution in [0.3, 0.4) is 0 Å². The van der Waals surface area contributed by atoms with Gasteiger partial charge in [0.15, 0.2) is 5.69 Å². The van der Waals surface area contributed by atoms with E-state index in [0.717, 1.165) is 11.3 Å². The first-order chi connectivity index (χ1) is 7.99. The molecule has 0 aliphatic rings. The Morgan fingerprint density at radius 2 is 2.06 bits per heavy atom. The van der Waals surface area contributed by atoms with Gasteiger partial charge in [0.2, 0.25) is 0 Å². The Balaban J connectivity index is 2.53. The summed E-state index contributed by atoms with van der Waals surface area (Å²) in [6.07, 6.45) is 1.69. The molecule has 0 aliphatic carbocycles. The summed E-state index contributed by atoms with van der Waals surface area (Å²) in [5, 5.41) is 4.09. The minimum absolute atomic E-state index is 0.230. The van der Waals surface area contributed by atoms with Crippen molar-refractivity contribution in [2.45, 2.75) is 13.8 Å². The van der Waals surface area contributed by atoms with Gasteiger partial charge in [-0.15, -0.1) is 0 Å². The van der Waals surface area contributed by atoms with E-state index < -0.39 is 5.91 Å². The van der Waals surface area contributed by atoms with Crippen molar-refractivity contribution >= 4 is 5.91 Å². The third-order valence-corrected chi connectivity index (χ3v) is 2.54. The smallest absolute Gasteiger partial charge is 0.269 e. The molecule has 0 unspecified atom stereocenters. The van der Waals surface area contributed by atoms with Gasteiger partial charge in [-0.1, -0.05) is 0 Å². The fourth-order valence-corrected chi connectivity index (χ4v) is 1.70. The van der Waals surface area contributed by atoms with Crippen LogP contribution in [0, 0.1) is 19.7 Å². The Morgan fingerprint density at radius 3 is 2.59 bits per heavy atom. The molecule has 1 amide bonds. The maximum atomic E-state index is 13.0. The molecular formula is C12H12FN3O. The molecule has 17 heavy (non-hydrogen) atoms. The highest BCUT2D eigenvalue weighted by atomic mass is 19.1. The van der Waals surface area contributed by atoms with Crippen molar-refractivity contribution < 1.29 is 9.18 Å². The molecule has 0 fully saturated rings. The zero-order valence-corrected chi connectivity index (χ0v) is 9.57. The molecular weight excluding hydrogens is 221 g/mol. The largest absolute Gasteiger partial charge is 0.364 e. The summed E-state index contributed by atoms with van der Waals surface area (Å²) in [5.41, 5.74) is 7.58. The molecule has 0 bridgehead atoms. The topological polar surface area (TPSA) is 60.9 Å². The van der Waals surface area contributed by atoms with E-state index in [0.29, 0.717) is 5.56 Å². The highest BCUT2D eigenvalue weighted by Crippen LogP contribution is 2.16. The van der Waals surface area contributed by atoms with Gasteiger partial charge >= 0.3 is 0 Å². The fraction of sp³-hybridized carbons (Fsp3) is 0.167. The zero-order valence-electron chi connectivity index (χ0n) is 9.57. The van der Waals surface area contributed by atoms with E-state index in [4.69, 9.17) is 5.73 Å². The van der Waals surface area contributed by atoms with Crippen molar-refractivity contribution in [1.82, 2.24) is 9.78 Å². The van der Waals surface area contributed by atoms with E-state index in [2.05, 4.69) is 5.10 Å². The molecule has 4 nitrogen and oxygen atoms in total. The SMILES string of the molecule is Cc1cc(F)ccc1-n1cc(C)c(C(N)=O)n1. The molecule has 2 aromatic rings. The summed E-state index contributed by atoms with van der Waals surface area (Å²) in [5.74, 6) is -0.869. The second-order valence-electron chi connectivity index (χ2n) is 3.90. The van der Waals surface area contributed by atoms with Crippen molar-refractivity contribution in [2.75, 3.05) is 0 Å². The lowest BCUT2D eigenvalue weighted by Gasteiger charge is -2.05. The first kappa shape index (κ1) is 11.3. The van der Waals surface area contributed by atoms with Gasteiger partial charge in [0.1, 0.15) is 5.82 Å². The molecule has 0 saturated heterocycles. The maximum absolute atomic E-state index is 13.0. The van der Waals surface area contributed by atoms with Crippen molar-refractivity contribution in [3.63, 3.8) is 0 Å². The molecule has 0 aliphatic heterocycles. The lowest BCUT2D eigenvalue weighted by molar-refractivity contribution is 0.0994. The summed E-state index contributed by atoms with van der Waals surface area (Å²) in [6, 6.07) is 4.38. The van der Waals surface area contributed by atoms with Gasteiger partial charge in [-0.3, -0.25) is 4.79 Å². The van der Waals surface area contributed by atoms with Gasteiger partial charge in [-0.2, -0.15) is 5.10 Å². The first-order valence-electron chi connectivity index (χ1n) is 5.11. The summed E-state index contributed by atoms with van der Waals surface area (Å²) in [7, 11) is 0. The van der Waals surface area contributed by atoms with E-state index in [1.807, 2.05) is 0 Å². The first-order valence-corrected chi connectivity index (χ1v) is 5.11. The van der Waals surface area contributed by atoms with Gasteiger partial charge in [-0.25, -0.2) is 9.07 Å². The molecule has 0 radical (unpaired) electrons. The minimum Gasteiger partial charge on any atom is -0.364 e. The third kappa shape index (κ3) is 2.04. The standard InChI is InChI=1S/C12H12FN3O/c1-7-5-9(13)3-4-10(7)16-6-8(2)11(15-16)12(14)17/h3-6H,1-2H3,(H2,14,17). The quantitative estimate of drug-likeness (QED) is 0.858. The zero-order chi connectivity index (χ0) is 12.6. The number of nitrogens with zero attached hydrogens (tertiary/aromatic N) is 2. The molecule has 1 aromatic carbocycles. The summed E-state index contributed by atoms with van der Waals surface area (Å²) < 4.78 is 14.5. The van der Waals surface area contributed by atoms with Crippen LogP contribution in [0.15, 0.2) is 24.4 Å². The highest BCUT2D eigenvalue weighted by molar-refractivity contribution is 5.92. The monoisotopic (exact) mass is 233 g/mol. The lowest BCUT2D eigenvalue weighted by atomic mass is 10.2. The van der Waals surface area contributed by atoms with Crippen molar-refractivity contribution in [3.8, 4) is 5.69 Å². The number of benzene rings is 1. The predicted octanol–water partition coefficient (Wildman–Crippen LogP) is 1.73. The molecule has 0 saturated carbocycles.